The molecule has 0 radical (unpaired) electrons. The number of hydrogen-bond acceptors (Lipinski definition) is 4. The summed E-state index contributed by atoms with van der Waals surface area (Å²) in [5, 5.41) is 0.871. The zero-order valence-corrected chi connectivity index (χ0v) is 13.9. The standard InChI is InChI=1S/C15H12BrN3OS/c1-9(20)10-3-5-11(6-4-10)12-7-17-14-15(21-2)18-13(16)8-19(12)14/h3-8H,1-2H3. The van der Waals surface area contributed by atoms with Crippen LogP contribution in [0.15, 0.2) is 46.3 Å². The number of imidazole rings is 1. The summed E-state index contributed by atoms with van der Waals surface area (Å²) in [6, 6.07) is 7.55. The lowest BCUT2D eigenvalue weighted by molar-refractivity contribution is 0.101. The molecule has 0 saturated carbocycles. The topological polar surface area (TPSA) is 47.3 Å². The van der Waals surface area contributed by atoms with E-state index in [9.17, 15) is 4.79 Å². The maximum Gasteiger partial charge on any atom is 0.170 e. The molecule has 0 aliphatic rings. The van der Waals surface area contributed by atoms with Crippen LogP contribution in [0.3, 0.4) is 0 Å². The van der Waals surface area contributed by atoms with Crippen molar-refractivity contribution in [2.45, 2.75) is 11.9 Å². The smallest absolute Gasteiger partial charge is 0.170 e. The number of Topliss-reactive ketones (excluding diaryl/α,β-unsaturated/α-hetero) is 1. The summed E-state index contributed by atoms with van der Waals surface area (Å²) in [5.41, 5.74) is 3.52. The molecule has 0 bridgehead atoms. The number of thioether (sulfide) groups is 1. The molecule has 0 aliphatic heterocycles. The second-order valence-corrected chi connectivity index (χ2v) is 6.15. The molecule has 0 N–H and O–H groups in total. The van der Waals surface area contributed by atoms with Crippen molar-refractivity contribution in [3.05, 3.63) is 46.8 Å². The van der Waals surface area contributed by atoms with Crippen molar-refractivity contribution in [3.8, 4) is 11.3 Å². The fourth-order valence-corrected chi connectivity index (χ4v) is 3.18. The van der Waals surface area contributed by atoms with Gasteiger partial charge in [-0.3, -0.25) is 9.20 Å². The summed E-state index contributed by atoms with van der Waals surface area (Å²) in [5.74, 6) is 0.0660. The van der Waals surface area contributed by atoms with Crippen LogP contribution in [0.25, 0.3) is 16.9 Å². The van der Waals surface area contributed by atoms with Crippen LogP contribution in [0.4, 0.5) is 0 Å². The number of hydrogen-bond donors (Lipinski definition) is 0. The Balaban J connectivity index is 2.16. The number of rotatable bonds is 3. The Bertz CT molecular complexity index is 827. The Morgan fingerprint density at radius 2 is 2.00 bits per heavy atom. The van der Waals surface area contributed by atoms with E-state index in [1.165, 1.54) is 0 Å². The Morgan fingerprint density at radius 1 is 1.29 bits per heavy atom. The monoisotopic (exact) mass is 361 g/mol. The Labute approximate surface area is 134 Å². The third kappa shape index (κ3) is 2.61. The number of ketones is 1. The molecule has 0 aliphatic carbocycles. The zero-order chi connectivity index (χ0) is 15.0. The lowest BCUT2D eigenvalue weighted by atomic mass is 10.1. The summed E-state index contributed by atoms with van der Waals surface area (Å²) in [4.78, 5) is 20.2. The first-order valence-electron chi connectivity index (χ1n) is 6.29. The maximum absolute atomic E-state index is 11.3. The first-order chi connectivity index (χ1) is 10.1. The number of carbonyl (C=O) groups is 1. The van der Waals surface area contributed by atoms with Gasteiger partial charge in [0.15, 0.2) is 11.4 Å². The van der Waals surface area contributed by atoms with E-state index in [0.717, 1.165) is 26.5 Å². The van der Waals surface area contributed by atoms with Crippen molar-refractivity contribution < 1.29 is 4.79 Å². The number of halogens is 1. The minimum atomic E-state index is 0.0660. The van der Waals surface area contributed by atoms with Gasteiger partial charge in [0.05, 0.1) is 11.9 Å². The molecule has 0 spiro atoms. The van der Waals surface area contributed by atoms with Crippen molar-refractivity contribution in [1.82, 2.24) is 14.4 Å². The third-order valence-electron chi connectivity index (χ3n) is 3.21. The van der Waals surface area contributed by atoms with Gasteiger partial charge in [-0.25, -0.2) is 9.97 Å². The highest BCUT2D eigenvalue weighted by Crippen LogP contribution is 2.27. The molecule has 21 heavy (non-hydrogen) atoms. The summed E-state index contributed by atoms with van der Waals surface area (Å²) >= 11 is 4.99. The van der Waals surface area contributed by atoms with E-state index in [0.29, 0.717) is 5.56 Å². The highest BCUT2D eigenvalue weighted by molar-refractivity contribution is 9.10. The third-order valence-corrected chi connectivity index (χ3v) is 4.26. The van der Waals surface area contributed by atoms with Crippen LogP contribution in [0.5, 0.6) is 0 Å². The van der Waals surface area contributed by atoms with Crippen molar-refractivity contribution in [2.75, 3.05) is 6.26 Å². The van der Waals surface area contributed by atoms with Crippen molar-refractivity contribution in [2.24, 2.45) is 0 Å². The van der Waals surface area contributed by atoms with E-state index in [1.54, 1.807) is 18.7 Å². The molecule has 1 aromatic carbocycles. The van der Waals surface area contributed by atoms with Crippen molar-refractivity contribution >= 4 is 39.1 Å². The van der Waals surface area contributed by atoms with Gasteiger partial charge in [-0.2, -0.15) is 0 Å². The van der Waals surface area contributed by atoms with Gasteiger partial charge >= 0.3 is 0 Å². The van der Waals surface area contributed by atoms with Crippen LogP contribution >= 0.6 is 27.7 Å². The van der Waals surface area contributed by atoms with Gasteiger partial charge in [-0.15, -0.1) is 11.8 Å². The Kier molecular flexibility index (Phi) is 3.82. The molecule has 2 heterocycles. The second-order valence-electron chi connectivity index (χ2n) is 4.54. The number of carbonyl (C=O) groups excluding carboxylic acids is 1. The molecule has 106 valence electrons. The fraction of sp³-hybridized carbons (Fsp3) is 0.133. The number of benzene rings is 1. The number of aromatic nitrogens is 3. The van der Waals surface area contributed by atoms with Crippen LogP contribution < -0.4 is 0 Å². The predicted molar refractivity (Wildman–Crippen MR) is 87.9 cm³/mol. The zero-order valence-electron chi connectivity index (χ0n) is 11.5. The van der Waals surface area contributed by atoms with Crippen LogP contribution in [0.1, 0.15) is 17.3 Å². The minimum absolute atomic E-state index is 0.0660. The molecule has 2 aromatic heterocycles. The average molecular weight is 362 g/mol. The van der Waals surface area contributed by atoms with Gasteiger partial charge in [-0.05, 0) is 29.1 Å². The normalized spacial score (nSPS) is 11.0. The van der Waals surface area contributed by atoms with Gasteiger partial charge in [0.25, 0.3) is 0 Å². The lowest BCUT2D eigenvalue weighted by Gasteiger charge is -2.05. The molecule has 0 saturated heterocycles. The van der Waals surface area contributed by atoms with Crippen molar-refractivity contribution in [1.29, 1.82) is 0 Å². The summed E-state index contributed by atoms with van der Waals surface area (Å²) in [6.07, 6.45) is 5.70. The predicted octanol–water partition coefficient (Wildman–Crippen LogP) is 4.08. The number of nitrogens with zero attached hydrogens (tertiary/aromatic N) is 3. The van der Waals surface area contributed by atoms with Gasteiger partial charge in [-0.1, -0.05) is 24.3 Å². The molecule has 0 amide bonds. The van der Waals surface area contributed by atoms with Crippen LogP contribution in [-0.2, 0) is 0 Å². The van der Waals surface area contributed by atoms with E-state index < -0.39 is 0 Å². The quantitative estimate of drug-likeness (QED) is 0.520. The fourth-order valence-electron chi connectivity index (χ4n) is 2.16. The highest BCUT2D eigenvalue weighted by Gasteiger charge is 2.11. The van der Waals surface area contributed by atoms with Crippen molar-refractivity contribution in [3.63, 3.8) is 0 Å². The molecule has 3 rings (SSSR count). The van der Waals surface area contributed by atoms with Gasteiger partial charge in [0, 0.05) is 17.3 Å². The largest absolute Gasteiger partial charge is 0.295 e. The van der Waals surface area contributed by atoms with E-state index in [2.05, 4.69) is 25.9 Å². The molecule has 4 nitrogen and oxygen atoms in total. The second kappa shape index (κ2) is 5.61. The molecular weight excluding hydrogens is 350 g/mol. The maximum atomic E-state index is 11.3. The summed E-state index contributed by atoms with van der Waals surface area (Å²) in [7, 11) is 0. The SMILES string of the molecule is CSc1nc(Br)cn2c(-c3ccc(C(C)=O)cc3)cnc12. The van der Waals surface area contributed by atoms with Gasteiger partial charge in [0.1, 0.15) is 9.63 Å². The molecular formula is C15H12BrN3OS. The molecule has 0 fully saturated rings. The molecule has 3 aromatic rings. The summed E-state index contributed by atoms with van der Waals surface area (Å²) < 4.78 is 2.77. The van der Waals surface area contributed by atoms with Crippen LogP contribution in [-0.4, -0.2) is 26.4 Å². The van der Waals surface area contributed by atoms with E-state index >= 15 is 0 Å². The van der Waals surface area contributed by atoms with E-state index in [1.807, 2.05) is 47.3 Å². The van der Waals surface area contributed by atoms with E-state index in [4.69, 9.17) is 0 Å². The van der Waals surface area contributed by atoms with Gasteiger partial charge in [0.2, 0.25) is 0 Å². The van der Waals surface area contributed by atoms with Gasteiger partial charge < -0.3 is 0 Å². The average Bonchev–Trinajstić information content (AvgIpc) is 2.90. The first-order valence-corrected chi connectivity index (χ1v) is 8.31. The minimum Gasteiger partial charge on any atom is -0.295 e. The highest BCUT2D eigenvalue weighted by atomic mass is 79.9. The van der Waals surface area contributed by atoms with Crippen LogP contribution in [0, 0.1) is 0 Å². The lowest BCUT2D eigenvalue weighted by Crippen LogP contribution is -1.95. The van der Waals surface area contributed by atoms with Crippen LogP contribution in [0.2, 0.25) is 0 Å². The first kappa shape index (κ1) is 14.3. The Morgan fingerprint density at radius 3 is 2.62 bits per heavy atom. The Hall–Kier alpha value is -1.66. The molecule has 0 atom stereocenters. The summed E-state index contributed by atoms with van der Waals surface area (Å²) in [6.45, 7) is 1.57. The molecule has 0 unspecified atom stereocenters. The number of fused-ring (bicyclic) bond motifs is 1. The van der Waals surface area contributed by atoms with E-state index in [-0.39, 0.29) is 5.78 Å². The molecule has 6 heteroatoms.